The van der Waals surface area contributed by atoms with Crippen LogP contribution in [0.4, 0.5) is 22.0 Å². The van der Waals surface area contributed by atoms with Crippen molar-refractivity contribution in [3.63, 3.8) is 0 Å². The van der Waals surface area contributed by atoms with Crippen LogP contribution in [0.15, 0.2) is 42.6 Å². The maximum atomic E-state index is 11.7. The molecule has 0 fully saturated rings. The van der Waals surface area contributed by atoms with Crippen molar-refractivity contribution in [3.05, 3.63) is 48.2 Å². The van der Waals surface area contributed by atoms with Crippen LogP contribution in [-0.2, 0) is 0 Å². The van der Waals surface area contributed by atoms with Gasteiger partial charge in [-0.3, -0.25) is 10.1 Å². The van der Waals surface area contributed by atoms with E-state index in [1.807, 2.05) is 37.3 Å². The van der Waals surface area contributed by atoms with Crippen LogP contribution in [-0.4, -0.2) is 23.3 Å². The first-order valence-corrected chi connectivity index (χ1v) is 6.98. The molecule has 0 unspecified atom stereocenters. The summed E-state index contributed by atoms with van der Waals surface area (Å²) in [5.74, 6) is 0.268. The van der Waals surface area contributed by atoms with Gasteiger partial charge in [0.15, 0.2) is 5.78 Å². The van der Waals surface area contributed by atoms with Crippen LogP contribution >= 0.6 is 0 Å². The standard InChI is InChI=1S/C16H18N4O2/c1-3-17-16(22)20-15-9-14(13(10-18-15)11(2)21)19-12-7-5-4-6-8-12/h4-10H,3H2,1-2H3,(H3,17,18,19,20,22). The Hall–Kier alpha value is -2.89. The van der Waals surface area contributed by atoms with Crippen molar-refractivity contribution >= 4 is 29.0 Å². The summed E-state index contributed by atoms with van der Waals surface area (Å²) in [7, 11) is 0. The smallest absolute Gasteiger partial charge is 0.320 e. The Morgan fingerprint density at radius 2 is 1.91 bits per heavy atom. The number of hydrogen-bond donors (Lipinski definition) is 3. The van der Waals surface area contributed by atoms with Crippen molar-refractivity contribution in [1.29, 1.82) is 0 Å². The number of rotatable bonds is 5. The highest BCUT2D eigenvalue weighted by Gasteiger charge is 2.11. The molecule has 0 saturated carbocycles. The third-order valence-electron chi connectivity index (χ3n) is 2.91. The Morgan fingerprint density at radius 3 is 2.55 bits per heavy atom. The second-order valence-corrected chi connectivity index (χ2v) is 4.65. The van der Waals surface area contributed by atoms with E-state index in [9.17, 15) is 9.59 Å². The first-order valence-electron chi connectivity index (χ1n) is 6.98. The molecule has 1 aromatic carbocycles. The van der Waals surface area contributed by atoms with Gasteiger partial charge in [-0.15, -0.1) is 0 Å². The summed E-state index contributed by atoms with van der Waals surface area (Å²) >= 11 is 0. The van der Waals surface area contributed by atoms with Crippen LogP contribution in [0.3, 0.4) is 0 Å². The lowest BCUT2D eigenvalue weighted by molar-refractivity contribution is 0.101. The largest absolute Gasteiger partial charge is 0.355 e. The maximum Gasteiger partial charge on any atom is 0.320 e. The van der Waals surface area contributed by atoms with Gasteiger partial charge in [-0.25, -0.2) is 9.78 Å². The molecule has 0 saturated heterocycles. The Kier molecular flexibility index (Phi) is 5.08. The van der Waals surface area contributed by atoms with Crippen LogP contribution in [0.25, 0.3) is 0 Å². The molecular formula is C16H18N4O2. The highest BCUT2D eigenvalue weighted by Crippen LogP contribution is 2.23. The molecule has 0 aliphatic carbocycles. The minimum atomic E-state index is -0.337. The molecule has 0 atom stereocenters. The number of amides is 2. The lowest BCUT2D eigenvalue weighted by Gasteiger charge is -2.12. The molecular weight excluding hydrogens is 280 g/mol. The summed E-state index contributed by atoms with van der Waals surface area (Å²) in [5, 5.41) is 8.41. The van der Waals surface area contributed by atoms with Gasteiger partial charge in [-0.05, 0) is 26.0 Å². The van der Waals surface area contributed by atoms with E-state index in [0.29, 0.717) is 23.6 Å². The molecule has 2 aromatic rings. The number of carbonyl (C=O) groups is 2. The summed E-state index contributed by atoms with van der Waals surface area (Å²) < 4.78 is 0. The Bertz CT molecular complexity index is 671. The second kappa shape index (κ2) is 7.21. The summed E-state index contributed by atoms with van der Waals surface area (Å²) in [5.41, 5.74) is 1.91. The van der Waals surface area contributed by atoms with Crippen molar-refractivity contribution in [2.75, 3.05) is 17.2 Å². The first-order chi connectivity index (χ1) is 10.6. The molecule has 2 rings (SSSR count). The number of para-hydroxylation sites is 1. The second-order valence-electron chi connectivity index (χ2n) is 4.65. The fraction of sp³-hybridized carbons (Fsp3) is 0.188. The van der Waals surface area contributed by atoms with Crippen molar-refractivity contribution in [2.45, 2.75) is 13.8 Å². The van der Waals surface area contributed by atoms with Crippen molar-refractivity contribution in [3.8, 4) is 0 Å². The molecule has 0 spiro atoms. The molecule has 3 N–H and O–H groups in total. The summed E-state index contributed by atoms with van der Waals surface area (Å²) in [4.78, 5) is 27.4. The van der Waals surface area contributed by atoms with Crippen LogP contribution in [0, 0.1) is 0 Å². The molecule has 0 radical (unpaired) electrons. The molecule has 114 valence electrons. The van der Waals surface area contributed by atoms with Gasteiger partial charge in [0.25, 0.3) is 0 Å². The number of carbonyl (C=O) groups excluding carboxylic acids is 2. The molecule has 0 aliphatic rings. The van der Waals surface area contributed by atoms with Gasteiger partial charge in [-0.1, -0.05) is 18.2 Å². The molecule has 0 bridgehead atoms. The van der Waals surface area contributed by atoms with Gasteiger partial charge in [0, 0.05) is 24.5 Å². The number of anilines is 3. The van der Waals surface area contributed by atoms with Crippen LogP contribution < -0.4 is 16.0 Å². The highest BCUT2D eigenvalue weighted by molar-refractivity contribution is 6.01. The van der Waals surface area contributed by atoms with E-state index in [2.05, 4.69) is 20.9 Å². The van der Waals surface area contributed by atoms with E-state index >= 15 is 0 Å². The van der Waals surface area contributed by atoms with Gasteiger partial charge in [-0.2, -0.15) is 0 Å². The molecule has 6 heteroatoms. The number of ketones is 1. The Labute approximate surface area is 129 Å². The Morgan fingerprint density at radius 1 is 1.18 bits per heavy atom. The number of nitrogens with zero attached hydrogens (tertiary/aromatic N) is 1. The van der Waals surface area contributed by atoms with E-state index in [-0.39, 0.29) is 11.8 Å². The topological polar surface area (TPSA) is 83.1 Å². The van der Waals surface area contributed by atoms with E-state index in [1.165, 1.54) is 13.1 Å². The lowest BCUT2D eigenvalue weighted by Crippen LogP contribution is -2.28. The molecule has 1 heterocycles. The SMILES string of the molecule is CCNC(=O)Nc1cc(Nc2ccccc2)c(C(C)=O)cn1. The zero-order valence-electron chi connectivity index (χ0n) is 12.5. The predicted octanol–water partition coefficient (Wildman–Crippen LogP) is 3.17. The third-order valence-corrected chi connectivity index (χ3v) is 2.91. The minimum absolute atomic E-state index is 0.101. The summed E-state index contributed by atoms with van der Waals surface area (Å²) in [6.45, 7) is 3.82. The number of pyridine rings is 1. The fourth-order valence-corrected chi connectivity index (χ4v) is 1.91. The van der Waals surface area contributed by atoms with E-state index in [0.717, 1.165) is 5.69 Å². The molecule has 6 nitrogen and oxygen atoms in total. The average molecular weight is 298 g/mol. The monoisotopic (exact) mass is 298 g/mol. The zero-order valence-corrected chi connectivity index (χ0v) is 12.5. The van der Waals surface area contributed by atoms with Crippen LogP contribution in [0.1, 0.15) is 24.2 Å². The summed E-state index contributed by atoms with van der Waals surface area (Å²) in [6, 6.07) is 10.8. The number of urea groups is 1. The lowest BCUT2D eigenvalue weighted by atomic mass is 10.1. The van der Waals surface area contributed by atoms with Gasteiger partial charge < -0.3 is 10.6 Å². The van der Waals surface area contributed by atoms with E-state index in [4.69, 9.17) is 0 Å². The molecule has 22 heavy (non-hydrogen) atoms. The molecule has 0 aliphatic heterocycles. The fourth-order valence-electron chi connectivity index (χ4n) is 1.91. The van der Waals surface area contributed by atoms with Crippen molar-refractivity contribution < 1.29 is 9.59 Å². The van der Waals surface area contributed by atoms with Crippen molar-refractivity contribution in [1.82, 2.24) is 10.3 Å². The van der Waals surface area contributed by atoms with Crippen LogP contribution in [0.2, 0.25) is 0 Å². The number of aromatic nitrogens is 1. The van der Waals surface area contributed by atoms with Crippen LogP contribution in [0.5, 0.6) is 0 Å². The Balaban J connectivity index is 2.28. The quantitative estimate of drug-likeness (QED) is 0.740. The van der Waals surface area contributed by atoms with E-state index in [1.54, 1.807) is 6.07 Å². The minimum Gasteiger partial charge on any atom is -0.355 e. The zero-order chi connectivity index (χ0) is 15.9. The van der Waals surface area contributed by atoms with Gasteiger partial charge in [0.2, 0.25) is 0 Å². The number of Topliss-reactive ketones (excluding diaryl/α,β-unsaturated/α-hetero) is 1. The molecule has 1 aromatic heterocycles. The van der Waals surface area contributed by atoms with Gasteiger partial charge in [0.05, 0.1) is 11.3 Å². The average Bonchev–Trinajstić information content (AvgIpc) is 2.48. The highest BCUT2D eigenvalue weighted by atomic mass is 16.2. The number of benzene rings is 1. The van der Waals surface area contributed by atoms with Gasteiger partial charge >= 0.3 is 6.03 Å². The summed E-state index contributed by atoms with van der Waals surface area (Å²) in [6.07, 6.45) is 1.45. The van der Waals surface area contributed by atoms with Gasteiger partial charge in [0.1, 0.15) is 5.82 Å². The third kappa shape index (κ3) is 4.05. The number of hydrogen-bond acceptors (Lipinski definition) is 4. The predicted molar refractivity (Wildman–Crippen MR) is 86.7 cm³/mol. The number of nitrogens with one attached hydrogen (secondary N) is 3. The maximum absolute atomic E-state index is 11.7. The first kappa shape index (κ1) is 15.5. The van der Waals surface area contributed by atoms with Crippen molar-refractivity contribution in [2.24, 2.45) is 0 Å². The normalized spacial score (nSPS) is 9.91. The molecule has 2 amide bonds. The van der Waals surface area contributed by atoms with E-state index < -0.39 is 0 Å².